The Kier molecular flexibility index (Phi) is 5.35. The van der Waals surface area contributed by atoms with Crippen LogP contribution in [0.4, 0.5) is 0 Å². The minimum atomic E-state index is -0.137. The number of aliphatic hydroxyl groups is 1. The topological polar surface area (TPSA) is 74.5 Å². The van der Waals surface area contributed by atoms with E-state index in [1.807, 2.05) is 25.2 Å². The van der Waals surface area contributed by atoms with E-state index < -0.39 is 0 Å². The molecule has 6 nitrogen and oxygen atoms in total. The summed E-state index contributed by atoms with van der Waals surface area (Å²) in [5, 5.41) is 16.4. The zero-order valence-corrected chi connectivity index (χ0v) is 14.5. The van der Waals surface area contributed by atoms with Gasteiger partial charge in [-0.25, -0.2) is 9.98 Å². The zero-order valence-electron chi connectivity index (χ0n) is 14.5. The van der Waals surface area contributed by atoms with E-state index in [9.17, 15) is 5.11 Å². The highest BCUT2D eigenvalue weighted by molar-refractivity contribution is 5.80. The third-order valence-corrected chi connectivity index (χ3v) is 4.64. The van der Waals surface area contributed by atoms with Crippen molar-refractivity contribution in [2.24, 2.45) is 12.0 Å². The lowest BCUT2D eigenvalue weighted by atomic mass is 9.93. The number of hydrogen-bond acceptors (Lipinski definition) is 3. The van der Waals surface area contributed by atoms with Crippen LogP contribution in [0.25, 0.3) is 11.0 Å². The van der Waals surface area contributed by atoms with Gasteiger partial charge < -0.3 is 20.3 Å². The lowest BCUT2D eigenvalue weighted by Crippen LogP contribution is -2.45. The fraction of sp³-hybridized carbons (Fsp3) is 0.556. The highest BCUT2D eigenvalue weighted by atomic mass is 16.3. The second-order valence-electron chi connectivity index (χ2n) is 6.42. The van der Waals surface area contributed by atoms with Gasteiger partial charge in [0, 0.05) is 19.6 Å². The molecule has 1 aliphatic carbocycles. The molecule has 24 heavy (non-hydrogen) atoms. The molecule has 0 unspecified atom stereocenters. The van der Waals surface area contributed by atoms with Crippen LogP contribution < -0.4 is 10.6 Å². The van der Waals surface area contributed by atoms with Gasteiger partial charge in [0.15, 0.2) is 5.96 Å². The second-order valence-corrected chi connectivity index (χ2v) is 6.42. The fourth-order valence-electron chi connectivity index (χ4n) is 3.22. The molecule has 0 atom stereocenters. The van der Waals surface area contributed by atoms with Crippen LogP contribution in [0.2, 0.25) is 0 Å². The molecule has 6 heteroatoms. The van der Waals surface area contributed by atoms with Crippen molar-refractivity contribution in [3.8, 4) is 0 Å². The number of guanidine groups is 1. The molecule has 1 saturated carbocycles. The number of nitrogens with zero attached hydrogens (tertiary/aromatic N) is 3. The van der Waals surface area contributed by atoms with Gasteiger partial charge in [0.05, 0.1) is 17.1 Å². The Morgan fingerprint density at radius 2 is 2.04 bits per heavy atom. The molecule has 130 valence electrons. The van der Waals surface area contributed by atoms with Gasteiger partial charge in [0.25, 0.3) is 0 Å². The fourth-order valence-corrected chi connectivity index (χ4v) is 3.22. The quantitative estimate of drug-likeness (QED) is 0.592. The maximum absolute atomic E-state index is 9.63. The van der Waals surface area contributed by atoms with Crippen molar-refractivity contribution >= 4 is 17.0 Å². The van der Waals surface area contributed by atoms with Crippen LogP contribution in [0.1, 0.15) is 38.4 Å². The van der Waals surface area contributed by atoms with Gasteiger partial charge in [-0.2, -0.15) is 0 Å². The summed E-state index contributed by atoms with van der Waals surface area (Å²) in [7, 11) is 2.03. The standard InChI is InChI=1S/C18H27N5O/c1-3-19-18(21-13-8-10-14(24)11-9-13)20-12-17-22-15-6-4-5-7-16(15)23(17)2/h4-7,13-14,24H,3,8-12H2,1-2H3,(H2,19,20,21). The van der Waals surface area contributed by atoms with Crippen LogP contribution in [0.5, 0.6) is 0 Å². The molecule has 1 heterocycles. The molecule has 0 spiro atoms. The van der Waals surface area contributed by atoms with Gasteiger partial charge in [0.2, 0.25) is 0 Å². The van der Waals surface area contributed by atoms with E-state index in [1.165, 1.54) is 0 Å². The number of imidazole rings is 1. The first-order chi connectivity index (χ1) is 11.7. The monoisotopic (exact) mass is 329 g/mol. The van der Waals surface area contributed by atoms with Gasteiger partial charge in [-0.05, 0) is 44.7 Å². The Morgan fingerprint density at radius 1 is 1.29 bits per heavy atom. The highest BCUT2D eigenvalue weighted by Gasteiger charge is 2.20. The van der Waals surface area contributed by atoms with Crippen molar-refractivity contribution in [1.82, 2.24) is 20.2 Å². The first-order valence-electron chi connectivity index (χ1n) is 8.80. The number of para-hydroxylation sites is 2. The minimum Gasteiger partial charge on any atom is -0.393 e. The molecular formula is C18H27N5O. The maximum atomic E-state index is 9.63. The first-order valence-corrected chi connectivity index (χ1v) is 8.80. The Morgan fingerprint density at radius 3 is 2.75 bits per heavy atom. The summed E-state index contributed by atoms with van der Waals surface area (Å²) in [6, 6.07) is 8.52. The number of nitrogens with one attached hydrogen (secondary N) is 2. The summed E-state index contributed by atoms with van der Waals surface area (Å²) in [5.74, 6) is 1.78. The van der Waals surface area contributed by atoms with E-state index in [2.05, 4.69) is 33.2 Å². The number of aromatic nitrogens is 2. The lowest BCUT2D eigenvalue weighted by molar-refractivity contribution is 0.120. The number of rotatable bonds is 4. The Labute approximate surface area is 143 Å². The van der Waals surface area contributed by atoms with Crippen molar-refractivity contribution in [3.63, 3.8) is 0 Å². The Balaban J connectivity index is 1.69. The molecule has 0 aliphatic heterocycles. The summed E-state index contributed by atoms with van der Waals surface area (Å²) < 4.78 is 2.10. The molecule has 1 fully saturated rings. The van der Waals surface area contributed by atoms with Crippen molar-refractivity contribution in [2.45, 2.75) is 51.3 Å². The third kappa shape index (κ3) is 3.87. The molecule has 1 aromatic carbocycles. The SMILES string of the molecule is CCNC(=NCc1nc2ccccc2n1C)NC1CCC(O)CC1. The number of aliphatic hydroxyl groups excluding tert-OH is 1. The molecule has 0 radical (unpaired) electrons. The van der Waals surface area contributed by atoms with Crippen LogP contribution in [0.15, 0.2) is 29.3 Å². The first kappa shape index (κ1) is 16.8. The molecule has 3 rings (SSSR count). The third-order valence-electron chi connectivity index (χ3n) is 4.64. The smallest absolute Gasteiger partial charge is 0.191 e. The average molecular weight is 329 g/mol. The van der Waals surface area contributed by atoms with Gasteiger partial charge in [-0.15, -0.1) is 0 Å². The normalized spacial score (nSPS) is 21.9. The number of benzene rings is 1. The predicted octanol–water partition coefficient (Wildman–Crippen LogP) is 1.93. The van der Waals surface area contributed by atoms with Crippen LogP contribution in [-0.4, -0.2) is 39.3 Å². The molecule has 0 bridgehead atoms. The largest absolute Gasteiger partial charge is 0.393 e. The van der Waals surface area contributed by atoms with E-state index in [4.69, 9.17) is 4.99 Å². The number of hydrogen-bond donors (Lipinski definition) is 3. The summed E-state index contributed by atoms with van der Waals surface area (Å²) in [4.78, 5) is 9.37. The predicted molar refractivity (Wildman–Crippen MR) is 96.9 cm³/mol. The summed E-state index contributed by atoms with van der Waals surface area (Å²) >= 11 is 0. The molecule has 0 saturated heterocycles. The van der Waals surface area contributed by atoms with E-state index in [-0.39, 0.29) is 6.10 Å². The zero-order chi connectivity index (χ0) is 16.9. The van der Waals surface area contributed by atoms with E-state index in [0.717, 1.165) is 55.0 Å². The van der Waals surface area contributed by atoms with Crippen LogP contribution in [0.3, 0.4) is 0 Å². The van der Waals surface area contributed by atoms with Gasteiger partial charge in [0.1, 0.15) is 12.4 Å². The van der Waals surface area contributed by atoms with Crippen molar-refractivity contribution in [2.75, 3.05) is 6.54 Å². The van der Waals surface area contributed by atoms with E-state index in [0.29, 0.717) is 12.6 Å². The Hall–Kier alpha value is -2.08. The molecule has 1 aromatic heterocycles. The van der Waals surface area contributed by atoms with Gasteiger partial charge in [-0.1, -0.05) is 12.1 Å². The maximum Gasteiger partial charge on any atom is 0.191 e. The van der Waals surface area contributed by atoms with E-state index in [1.54, 1.807) is 0 Å². The van der Waals surface area contributed by atoms with Gasteiger partial charge in [-0.3, -0.25) is 0 Å². The van der Waals surface area contributed by atoms with Crippen molar-refractivity contribution in [1.29, 1.82) is 0 Å². The molecule has 2 aromatic rings. The lowest BCUT2D eigenvalue weighted by Gasteiger charge is -2.27. The summed E-state index contributed by atoms with van der Waals surface area (Å²) in [6.07, 6.45) is 3.56. The second kappa shape index (κ2) is 7.66. The van der Waals surface area contributed by atoms with Crippen LogP contribution in [-0.2, 0) is 13.6 Å². The summed E-state index contributed by atoms with van der Waals surface area (Å²) in [5.41, 5.74) is 2.13. The van der Waals surface area contributed by atoms with Crippen molar-refractivity contribution < 1.29 is 5.11 Å². The molecular weight excluding hydrogens is 302 g/mol. The number of fused-ring (bicyclic) bond motifs is 1. The molecule has 1 aliphatic rings. The average Bonchev–Trinajstić information content (AvgIpc) is 2.91. The van der Waals surface area contributed by atoms with Crippen LogP contribution >= 0.6 is 0 Å². The van der Waals surface area contributed by atoms with Crippen molar-refractivity contribution in [3.05, 3.63) is 30.1 Å². The van der Waals surface area contributed by atoms with Crippen LogP contribution in [0, 0.1) is 0 Å². The Bertz CT molecular complexity index is 700. The number of aryl methyl sites for hydroxylation is 1. The highest BCUT2D eigenvalue weighted by Crippen LogP contribution is 2.18. The number of aliphatic imine (C=N–C) groups is 1. The molecule has 0 amide bonds. The van der Waals surface area contributed by atoms with Gasteiger partial charge >= 0.3 is 0 Å². The molecule has 3 N–H and O–H groups in total. The minimum absolute atomic E-state index is 0.137. The summed E-state index contributed by atoms with van der Waals surface area (Å²) in [6.45, 7) is 3.43. The van der Waals surface area contributed by atoms with E-state index >= 15 is 0 Å².